The summed E-state index contributed by atoms with van der Waals surface area (Å²) in [7, 11) is 0. The second-order valence-corrected chi connectivity index (χ2v) is 4.50. The molecule has 1 unspecified atom stereocenters. The van der Waals surface area contributed by atoms with Gasteiger partial charge >= 0.3 is 6.09 Å². The van der Waals surface area contributed by atoms with E-state index in [4.69, 9.17) is 9.84 Å². The van der Waals surface area contributed by atoms with Crippen LogP contribution in [0.5, 0.6) is 5.75 Å². The van der Waals surface area contributed by atoms with Crippen molar-refractivity contribution < 1.29 is 19.0 Å². The fourth-order valence-electron chi connectivity index (χ4n) is 2.12. The number of benzene rings is 1. The van der Waals surface area contributed by atoms with E-state index in [1.54, 1.807) is 12.1 Å². The quantitative estimate of drug-likeness (QED) is 0.900. The van der Waals surface area contributed by atoms with Gasteiger partial charge in [-0.25, -0.2) is 9.18 Å². The van der Waals surface area contributed by atoms with E-state index in [0.29, 0.717) is 25.4 Å². The summed E-state index contributed by atoms with van der Waals surface area (Å²) in [4.78, 5) is 12.3. The standard InChI is InChI=1S/C13H16FNO3/c14-11-3-5-12(6-4-11)18-9-10-2-1-7-15(8-10)13(16)17/h3-6,10H,1-2,7-9H2,(H,16,17). The van der Waals surface area contributed by atoms with Gasteiger partial charge in [-0.2, -0.15) is 0 Å². The zero-order valence-electron chi connectivity index (χ0n) is 10.0. The molecule has 1 atom stereocenters. The third kappa shape index (κ3) is 3.35. The number of carboxylic acid groups (broad SMARTS) is 1. The Morgan fingerprint density at radius 2 is 2.17 bits per heavy atom. The molecule has 0 saturated carbocycles. The molecule has 1 aromatic rings. The van der Waals surface area contributed by atoms with Gasteiger partial charge in [0, 0.05) is 19.0 Å². The molecule has 4 nitrogen and oxygen atoms in total. The van der Waals surface area contributed by atoms with E-state index in [-0.39, 0.29) is 11.7 Å². The van der Waals surface area contributed by atoms with E-state index in [1.165, 1.54) is 17.0 Å². The lowest BCUT2D eigenvalue weighted by Gasteiger charge is -2.30. The van der Waals surface area contributed by atoms with Crippen LogP contribution in [0.15, 0.2) is 24.3 Å². The van der Waals surface area contributed by atoms with Crippen molar-refractivity contribution in [3.8, 4) is 5.75 Å². The van der Waals surface area contributed by atoms with Gasteiger partial charge in [-0.3, -0.25) is 0 Å². The van der Waals surface area contributed by atoms with Gasteiger partial charge in [0.05, 0.1) is 6.61 Å². The van der Waals surface area contributed by atoms with Crippen LogP contribution < -0.4 is 4.74 Å². The van der Waals surface area contributed by atoms with Crippen LogP contribution in [0.25, 0.3) is 0 Å². The Morgan fingerprint density at radius 1 is 1.44 bits per heavy atom. The van der Waals surface area contributed by atoms with Gasteiger partial charge in [0.1, 0.15) is 11.6 Å². The second kappa shape index (κ2) is 5.71. The highest BCUT2D eigenvalue weighted by Crippen LogP contribution is 2.19. The molecule has 0 aliphatic carbocycles. The van der Waals surface area contributed by atoms with E-state index < -0.39 is 6.09 Å². The molecule has 5 heteroatoms. The van der Waals surface area contributed by atoms with Gasteiger partial charge in [0.2, 0.25) is 0 Å². The van der Waals surface area contributed by atoms with Gasteiger partial charge in [-0.05, 0) is 37.1 Å². The van der Waals surface area contributed by atoms with Gasteiger partial charge in [-0.1, -0.05) is 0 Å². The number of hydrogen-bond acceptors (Lipinski definition) is 2. The zero-order valence-corrected chi connectivity index (χ0v) is 10.0. The molecular formula is C13H16FNO3. The van der Waals surface area contributed by atoms with Crippen LogP contribution in [-0.2, 0) is 0 Å². The first-order valence-electron chi connectivity index (χ1n) is 6.01. The molecule has 1 heterocycles. The minimum atomic E-state index is -0.874. The second-order valence-electron chi connectivity index (χ2n) is 4.50. The third-order valence-electron chi connectivity index (χ3n) is 3.09. The van der Waals surface area contributed by atoms with Gasteiger partial charge in [0.25, 0.3) is 0 Å². The molecular weight excluding hydrogens is 237 g/mol. The van der Waals surface area contributed by atoms with Crippen LogP contribution in [0.2, 0.25) is 0 Å². The number of hydrogen-bond donors (Lipinski definition) is 1. The molecule has 1 saturated heterocycles. The third-order valence-corrected chi connectivity index (χ3v) is 3.09. The summed E-state index contributed by atoms with van der Waals surface area (Å²) in [6.07, 6.45) is 0.954. The molecule has 18 heavy (non-hydrogen) atoms. The molecule has 0 aromatic heterocycles. The van der Waals surface area contributed by atoms with Gasteiger partial charge in [-0.15, -0.1) is 0 Å². The van der Waals surface area contributed by atoms with Gasteiger partial charge in [0.15, 0.2) is 0 Å². The number of nitrogens with zero attached hydrogens (tertiary/aromatic N) is 1. The molecule has 1 aliphatic heterocycles. The SMILES string of the molecule is O=C(O)N1CCCC(COc2ccc(F)cc2)C1. The van der Waals surface area contributed by atoms with Crippen LogP contribution in [0, 0.1) is 11.7 Å². The maximum absolute atomic E-state index is 12.7. The maximum atomic E-state index is 12.7. The van der Waals surface area contributed by atoms with E-state index in [1.807, 2.05) is 0 Å². The minimum Gasteiger partial charge on any atom is -0.493 e. The number of ether oxygens (including phenoxy) is 1. The Balaban J connectivity index is 1.82. The van der Waals surface area contributed by atoms with Crippen LogP contribution in [-0.4, -0.2) is 35.8 Å². The van der Waals surface area contributed by atoms with Crippen molar-refractivity contribution in [1.29, 1.82) is 0 Å². The first-order valence-corrected chi connectivity index (χ1v) is 6.01. The summed E-state index contributed by atoms with van der Waals surface area (Å²) in [5.41, 5.74) is 0. The number of carbonyl (C=O) groups is 1. The summed E-state index contributed by atoms with van der Waals surface area (Å²) in [5, 5.41) is 8.92. The number of likely N-dealkylation sites (tertiary alicyclic amines) is 1. The highest BCUT2D eigenvalue weighted by Gasteiger charge is 2.23. The summed E-state index contributed by atoms with van der Waals surface area (Å²) in [5.74, 6) is 0.529. The summed E-state index contributed by atoms with van der Waals surface area (Å²) in [6.45, 7) is 1.58. The van der Waals surface area contributed by atoms with Gasteiger partial charge < -0.3 is 14.7 Å². The molecule has 2 rings (SSSR count). The monoisotopic (exact) mass is 253 g/mol. The van der Waals surface area contributed by atoms with Crippen LogP contribution in [0.4, 0.5) is 9.18 Å². The Morgan fingerprint density at radius 3 is 2.83 bits per heavy atom. The number of rotatable bonds is 3. The summed E-state index contributed by atoms with van der Waals surface area (Å²) >= 11 is 0. The molecule has 1 amide bonds. The lowest BCUT2D eigenvalue weighted by Crippen LogP contribution is -2.40. The fourth-order valence-corrected chi connectivity index (χ4v) is 2.12. The van der Waals surface area contributed by atoms with Crippen molar-refractivity contribution in [3.05, 3.63) is 30.1 Å². The highest BCUT2D eigenvalue weighted by atomic mass is 19.1. The molecule has 1 fully saturated rings. The first kappa shape index (κ1) is 12.7. The van der Waals surface area contributed by atoms with Crippen molar-refractivity contribution in [2.45, 2.75) is 12.8 Å². The minimum absolute atomic E-state index is 0.208. The van der Waals surface area contributed by atoms with E-state index in [9.17, 15) is 9.18 Å². The van der Waals surface area contributed by atoms with Crippen molar-refractivity contribution in [1.82, 2.24) is 4.90 Å². The lowest BCUT2D eigenvalue weighted by atomic mass is 9.99. The Labute approximate surface area is 105 Å². The first-order chi connectivity index (χ1) is 8.65. The van der Waals surface area contributed by atoms with Crippen molar-refractivity contribution in [3.63, 3.8) is 0 Å². The summed E-state index contributed by atoms with van der Waals surface area (Å²) < 4.78 is 18.2. The highest BCUT2D eigenvalue weighted by molar-refractivity contribution is 5.65. The lowest BCUT2D eigenvalue weighted by molar-refractivity contribution is 0.105. The largest absolute Gasteiger partial charge is 0.493 e. The zero-order chi connectivity index (χ0) is 13.0. The molecule has 1 aromatic carbocycles. The number of halogens is 1. The Kier molecular flexibility index (Phi) is 4.02. The Hall–Kier alpha value is -1.78. The average molecular weight is 253 g/mol. The molecule has 0 bridgehead atoms. The molecule has 1 N–H and O–H groups in total. The molecule has 1 aliphatic rings. The fraction of sp³-hybridized carbons (Fsp3) is 0.462. The van der Waals surface area contributed by atoms with Crippen LogP contribution in [0.1, 0.15) is 12.8 Å². The number of amides is 1. The molecule has 98 valence electrons. The topological polar surface area (TPSA) is 49.8 Å². The normalized spacial score (nSPS) is 19.6. The molecule has 0 radical (unpaired) electrons. The summed E-state index contributed by atoms with van der Waals surface area (Å²) in [6, 6.07) is 5.85. The maximum Gasteiger partial charge on any atom is 0.407 e. The predicted octanol–water partition coefficient (Wildman–Crippen LogP) is 2.59. The van der Waals surface area contributed by atoms with E-state index in [2.05, 4.69) is 0 Å². The smallest absolute Gasteiger partial charge is 0.407 e. The van der Waals surface area contributed by atoms with Crippen LogP contribution >= 0.6 is 0 Å². The van der Waals surface area contributed by atoms with E-state index in [0.717, 1.165) is 12.8 Å². The van der Waals surface area contributed by atoms with Crippen molar-refractivity contribution in [2.75, 3.05) is 19.7 Å². The average Bonchev–Trinajstić information content (AvgIpc) is 2.38. The van der Waals surface area contributed by atoms with Crippen molar-refractivity contribution in [2.24, 2.45) is 5.92 Å². The van der Waals surface area contributed by atoms with Crippen LogP contribution in [0.3, 0.4) is 0 Å². The van der Waals surface area contributed by atoms with Crippen molar-refractivity contribution >= 4 is 6.09 Å². The molecule has 0 spiro atoms. The predicted molar refractivity (Wildman–Crippen MR) is 64.2 cm³/mol. The number of piperidine rings is 1. The van der Waals surface area contributed by atoms with E-state index >= 15 is 0 Å². The Bertz CT molecular complexity index is 407.